The maximum Gasteiger partial charge on any atom is 0.191 e. The molecule has 3 unspecified atom stereocenters. The van der Waals surface area contributed by atoms with Gasteiger partial charge in [0, 0.05) is 61.2 Å². The number of hydrogen-bond donors (Lipinski definition) is 2. The van der Waals surface area contributed by atoms with Crippen LogP contribution in [0.3, 0.4) is 0 Å². The fraction of sp³-hybridized carbons (Fsp3) is 0.682. The van der Waals surface area contributed by atoms with Crippen molar-refractivity contribution in [2.75, 3.05) is 33.4 Å². The minimum Gasteiger partial charge on any atom is -0.381 e. The third-order valence-corrected chi connectivity index (χ3v) is 7.44. The standard InChI is InChI=1S/C22H32ClN3O2.HI/c1-21(2)18(15-8-11-28-19(15)21)26-20(24-3)25-14-22(9-12-27-13-10-22)16-6-4-5-7-17(16)23;/h4-7,15,18-19H,8-14H2,1-3H3,(H2,24,25,26);1H. The average molecular weight is 534 g/mol. The first kappa shape index (κ1) is 23.1. The molecule has 3 aliphatic rings. The van der Waals surface area contributed by atoms with Gasteiger partial charge in [0.05, 0.1) is 6.10 Å². The molecule has 2 N–H and O–H groups in total. The van der Waals surface area contributed by atoms with Crippen LogP contribution in [-0.2, 0) is 14.9 Å². The molecule has 3 atom stereocenters. The number of fused-ring (bicyclic) bond motifs is 1. The molecule has 2 saturated heterocycles. The summed E-state index contributed by atoms with van der Waals surface area (Å²) >= 11 is 6.58. The zero-order valence-electron chi connectivity index (χ0n) is 17.5. The largest absolute Gasteiger partial charge is 0.381 e. The van der Waals surface area contributed by atoms with Crippen LogP contribution in [-0.4, -0.2) is 51.5 Å². The van der Waals surface area contributed by atoms with E-state index in [9.17, 15) is 0 Å². The van der Waals surface area contributed by atoms with E-state index in [2.05, 4.69) is 41.6 Å². The van der Waals surface area contributed by atoms with Gasteiger partial charge in [-0.2, -0.15) is 0 Å². The SMILES string of the molecule is CN=C(NCC1(c2ccccc2Cl)CCOCC1)NC1C2CCOC2C1(C)C.I. The van der Waals surface area contributed by atoms with Gasteiger partial charge in [0.2, 0.25) is 0 Å². The van der Waals surface area contributed by atoms with E-state index < -0.39 is 0 Å². The Morgan fingerprint density at radius 2 is 1.93 bits per heavy atom. The molecule has 4 rings (SSSR count). The van der Waals surface area contributed by atoms with Gasteiger partial charge in [0.15, 0.2) is 5.96 Å². The Morgan fingerprint density at radius 3 is 2.62 bits per heavy atom. The van der Waals surface area contributed by atoms with Gasteiger partial charge in [-0.25, -0.2) is 0 Å². The smallest absolute Gasteiger partial charge is 0.191 e. The van der Waals surface area contributed by atoms with Gasteiger partial charge in [-0.05, 0) is 30.9 Å². The zero-order valence-corrected chi connectivity index (χ0v) is 20.6. The highest BCUT2D eigenvalue weighted by Crippen LogP contribution is 2.52. The Bertz CT molecular complexity index is 737. The highest BCUT2D eigenvalue weighted by molar-refractivity contribution is 14.0. The molecule has 3 fully saturated rings. The van der Waals surface area contributed by atoms with E-state index in [0.717, 1.165) is 56.6 Å². The monoisotopic (exact) mass is 533 g/mol. The van der Waals surface area contributed by atoms with Gasteiger partial charge < -0.3 is 20.1 Å². The fourth-order valence-electron chi connectivity index (χ4n) is 5.41. The van der Waals surface area contributed by atoms with E-state index in [4.69, 9.17) is 21.1 Å². The Kier molecular flexibility index (Phi) is 7.40. The third-order valence-electron chi connectivity index (χ3n) is 7.11. The lowest BCUT2D eigenvalue weighted by atomic mass is 9.57. The molecule has 0 amide bonds. The van der Waals surface area contributed by atoms with E-state index in [-0.39, 0.29) is 34.8 Å². The molecule has 1 aliphatic carbocycles. The lowest BCUT2D eigenvalue weighted by Gasteiger charge is -2.55. The summed E-state index contributed by atoms with van der Waals surface area (Å²) in [6.45, 7) is 7.75. The molecular weight excluding hydrogens is 501 g/mol. The number of nitrogens with zero attached hydrogens (tertiary/aromatic N) is 1. The number of guanidine groups is 1. The number of rotatable bonds is 4. The molecule has 7 heteroatoms. The van der Waals surface area contributed by atoms with Crippen molar-refractivity contribution in [2.45, 2.75) is 50.7 Å². The summed E-state index contributed by atoms with van der Waals surface area (Å²) in [4.78, 5) is 4.51. The van der Waals surface area contributed by atoms with Crippen LogP contribution < -0.4 is 10.6 Å². The lowest BCUT2D eigenvalue weighted by Crippen LogP contribution is -2.68. The fourth-order valence-corrected chi connectivity index (χ4v) is 5.74. The quantitative estimate of drug-likeness (QED) is 0.349. The Balaban J connectivity index is 0.00000240. The number of nitrogens with one attached hydrogen (secondary N) is 2. The van der Waals surface area contributed by atoms with Crippen LogP contribution in [0.15, 0.2) is 29.3 Å². The van der Waals surface area contributed by atoms with Gasteiger partial charge in [-0.1, -0.05) is 43.6 Å². The van der Waals surface area contributed by atoms with Gasteiger partial charge in [-0.15, -0.1) is 24.0 Å². The van der Waals surface area contributed by atoms with Crippen molar-refractivity contribution in [1.29, 1.82) is 0 Å². The summed E-state index contributed by atoms with van der Waals surface area (Å²) in [5.74, 6) is 1.44. The highest BCUT2D eigenvalue weighted by Gasteiger charge is 2.59. The minimum atomic E-state index is -0.0393. The molecule has 5 nitrogen and oxygen atoms in total. The molecule has 1 aromatic carbocycles. The Morgan fingerprint density at radius 1 is 1.21 bits per heavy atom. The maximum absolute atomic E-state index is 6.58. The van der Waals surface area contributed by atoms with Crippen molar-refractivity contribution in [2.24, 2.45) is 16.3 Å². The number of aliphatic imine (C=N–C) groups is 1. The topological polar surface area (TPSA) is 54.9 Å². The van der Waals surface area contributed by atoms with Crippen LogP contribution in [0, 0.1) is 11.3 Å². The van der Waals surface area contributed by atoms with E-state index in [0.29, 0.717) is 18.1 Å². The van der Waals surface area contributed by atoms with E-state index in [1.165, 1.54) is 5.56 Å². The Hall–Kier alpha value is -0.570. The predicted octanol–water partition coefficient (Wildman–Crippen LogP) is 3.98. The van der Waals surface area contributed by atoms with E-state index in [1.807, 2.05) is 19.2 Å². The second-order valence-corrected chi connectivity index (χ2v) is 9.39. The van der Waals surface area contributed by atoms with E-state index >= 15 is 0 Å². The number of benzene rings is 1. The lowest BCUT2D eigenvalue weighted by molar-refractivity contribution is -0.106. The van der Waals surface area contributed by atoms with Crippen LogP contribution in [0.5, 0.6) is 0 Å². The number of ether oxygens (including phenoxy) is 2. The third kappa shape index (κ3) is 4.27. The summed E-state index contributed by atoms with van der Waals surface area (Å²) < 4.78 is 11.6. The molecule has 0 radical (unpaired) electrons. The first-order valence-electron chi connectivity index (χ1n) is 10.4. The number of halogens is 2. The van der Waals surface area contributed by atoms with Crippen LogP contribution in [0.4, 0.5) is 0 Å². The van der Waals surface area contributed by atoms with Crippen molar-refractivity contribution in [3.63, 3.8) is 0 Å². The molecule has 29 heavy (non-hydrogen) atoms. The molecule has 2 heterocycles. The molecular formula is C22H33ClIN3O2. The van der Waals surface area contributed by atoms with Crippen LogP contribution in [0.2, 0.25) is 5.02 Å². The molecule has 0 spiro atoms. The van der Waals surface area contributed by atoms with Crippen molar-refractivity contribution >= 4 is 41.5 Å². The Labute approximate surface area is 196 Å². The minimum absolute atomic E-state index is 0. The summed E-state index contributed by atoms with van der Waals surface area (Å²) in [5.41, 5.74) is 1.29. The van der Waals surface area contributed by atoms with Crippen LogP contribution in [0.25, 0.3) is 0 Å². The molecule has 1 aromatic rings. The average Bonchev–Trinajstić information content (AvgIpc) is 3.16. The molecule has 0 bridgehead atoms. The second-order valence-electron chi connectivity index (χ2n) is 8.99. The molecule has 1 saturated carbocycles. The first-order valence-corrected chi connectivity index (χ1v) is 10.8. The van der Waals surface area contributed by atoms with E-state index in [1.54, 1.807) is 0 Å². The van der Waals surface area contributed by atoms with Crippen molar-refractivity contribution < 1.29 is 9.47 Å². The molecule has 2 aliphatic heterocycles. The summed E-state index contributed by atoms with van der Waals surface area (Å²) in [6, 6.07) is 8.59. The van der Waals surface area contributed by atoms with Crippen molar-refractivity contribution in [3.8, 4) is 0 Å². The van der Waals surface area contributed by atoms with Gasteiger partial charge in [0.25, 0.3) is 0 Å². The number of hydrogen-bond acceptors (Lipinski definition) is 3. The normalized spacial score (nSPS) is 29.9. The van der Waals surface area contributed by atoms with Gasteiger partial charge in [0.1, 0.15) is 0 Å². The van der Waals surface area contributed by atoms with Crippen molar-refractivity contribution in [3.05, 3.63) is 34.9 Å². The van der Waals surface area contributed by atoms with Gasteiger partial charge in [-0.3, -0.25) is 4.99 Å². The molecule has 0 aromatic heterocycles. The first-order chi connectivity index (χ1) is 13.5. The summed E-state index contributed by atoms with van der Waals surface area (Å²) in [7, 11) is 1.84. The maximum atomic E-state index is 6.58. The predicted molar refractivity (Wildman–Crippen MR) is 129 cm³/mol. The highest BCUT2D eigenvalue weighted by atomic mass is 127. The summed E-state index contributed by atoms with van der Waals surface area (Å²) in [6.07, 6.45) is 3.40. The molecule has 162 valence electrons. The van der Waals surface area contributed by atoms with Gasteiger partial charge >= 0.3 is 0 Å². The van der Waals surface area contributed by atoms with Crippen molar-refractivity contribution in [1.82, 2.24) is 10.6 Å². The second kappa shape index (κ2) is 9.28. The van der Waals surface area contributed by atoms with Crippen LogP contribution in [0.1, 0.15) is 38.7 Å². The van der Waals surface area contributed by atoms with Crippen LogP contribution >= 0.6 is 35.6 Å². The summed E-state index contributed by atoms with van der Waals surface area (Å²) in [5, 5.41) is 8.12. The zero-order chi connectivity index (χ0) is 19.8.